The molecule has 1 amide bonds. The Morgan fingerprint density at radius 2 is 1.70 bits per heavy atom. The monoisotopic (exact) mass is 440 g/mol. The molecule has 1 N–H and O–H groups in total. The van der Waals surface area contributed by atoms with E-state index in [0.717, 1.165) is 16.6 Å². The highest BCUT2D eigenvalue weighted by molar-refractivity contribution is 7.92. The molecule has 10 heteroatoms. The SMILES string of the molecule is COc1cc(CNC(=O)[C@H](C)N(c2cccc(F)c2)S(C)(=O)=O)cc(OC)c1OC. The molecule has 2 aromatic rings. The van der Waals surface area contributed by atoms with Crippen LogP contribution in [0.2, 0.25) is 0 Å². The van der Waals surface area contributed by atoms with Gasteiger partial charge in [-0.1, -0.05) is 6.07 Å². The number of carbonyl (C=O) groups is 1. The number of nitrogens with zero attached hydrogens (tertiary/aromatic N) is 1. The predicted molar refractivity (Wildman–Crippen MR) is 111 cm³/mol. The van der Waals surface area contributed by atoms with Gasteiger partial charge in [-0.05, 0) is 42.8 Å². The molecule has 0 bridgehead atoms. The molecule has 0 aliphatic heterocycles. The van der Waals surface area contributed by atoms with Crippen LogP contribution in [0.15, 0.2) is 36.4 Å². The summed E-state index contributed by atoms with van der Waals surface area (Å²) in [4.78, 5) is 12.7. The molecule has 0 aromatic heterocycles. The summed E-state index contributed by atoms with van der Waals surface area (Å²) in [6, 6.07) is 7.30. The summed E-state index contributed by atoms with van der Waals surface area (Å²) in [5.41, 5.74) is 0.717. The number of benzene rings is 2. The zero-order valence-corrected chi connectivity index (χ0v) is 18.2. The molecule has 0 fully saturated rings. The van der Waals surface area contributed by atoms with E-state index in [1.54, 1.807) is 12.1 Å². The molecule has 0 spiro atoms. The van der Waals surface area contributed by atoms with E-state index in [9.17, 15) is 17.6 Å². The van der Waals surface area contributed by atoms with E-state index in [1.165, 1.54) is 46.5 Å². The number of carbonyl (C=O) groups excluding carboxylic acids is 1. The molecule has 2 rings (SSSR count). The lowest BCUT2D eigenvalue weighted by Gasteiger charge is -2.28. The highest BCUT2D eigenvalue weighted by atomic mass is 32.2. The van der Waals surface area contributed by atoms with Crippen molar-refractivity contribution in [2.45, 2.75) is 19.5 Å². The van der Waals surface area contributed by atoms with Gasteiger partial charge in [0, 0.05) is 6.54 Å². The van der Waals surface area contributed by atoms with Crippen molar-refractivity contribution in [3.8, 4) is 17.2 Å². The van der Waals surface area contributed by atoms with Gasteiger partial charge in [0.2, 0.25) is 21.7 Å². The van der Waals surface area contributed by atoms with Crippen molar-refractivity contribution < 1.29 is 31.8 Å². The van der Waals surface area contributed by atoms with Gasteiger partial charge in [0.25, 0.3) is 0 Å². The van der Waals surface area contributed by atoms with Crippen LogP contribution >= 0.6 is 0 Å². The van der Waals surface area contributed by atoms with E-state index in [1.807, 2.05) is 0 Å². The molecular weight excluding hydrogens is 415 g/mol. The zero-order chi connectivity index (χ0) is 22.5. The lowest BCUT2D eigenvalue weighted by atomic mass is 10.1. The zero-order valence-electron chi connectivity index (χ0n) is 17.4. The summed E-state index contributed by atoms with van der Waals surface area (Å²) < 4.78 is 54.9. The number of sulfonamides is 1. The third-order valence-electron chi connectivity index (χ3n) is 4.34. The van der Waals surface area contributed by atoms with E-state index in [-0.39, 0.29) is 12.2 Å². The Hall–Kier alpha value is -3.01. The second-order valence-electron chi connectivity index (χ2n) is 6.47. The maximum Gasteiger partial charge on any atom is 0.243 e. The largest absolute Gasteiger partial charge is 0.493 e. The number of rotatable bonds is 9. The normalized spacial score (nSPS) is 12.1. The minimum Gasteiger partial charge on any atom is -0.493 e. The van der Waals surface area contributed by atoms with Gasteiger partial charge in [0.05, 0.1) is 33.3 Å². The average Bonchev–Trinajstić information content (AvgIpc) is 2.70. The van der Waals surface area contributed by atoms with E-state index < -0.39 is 27.8 Å². The molecule has 164 valence electrons. The van der Waals surface area contributed by atoms with Crippen LogP contribution in [0.1, 0.15) is 12.5 Å². The van der Waals surface area contributed by atoms with E-state index in [4.69, 9.17) is 14.2 Å². The van der Waals surface area contributed by atoms with Gasteiger partial charge in [-0.15, -0.1) is 0 Å². The molecular formula is C20H25FN2O6S. The van der Waals surface area contributed by atoms with Crippen LogP contribution in [0.5, 0.6) is 17.2 Å². The molecule has 0 saturated carbocycles. The summed E-state index contributed by atoms with van der Waals surface area (Å²) >= 11 is 0. The van der Waals surface area contributed by atoms with Gasteiger partial charge in [-0.2, -0.15) is 0 Å². The maximum atomic E-state index is 13.6. The number of ether oxygens (including phenoxy) is 3. The first-order chi connectivity index (χ1) is 14.1. The van der Waals surface area contributed by atoms with E-state index in [0.29, 0.717) is 22.8 Å². The van der Waals surface area contributed by atoms with Gasteiger partial charge in [0.15, 0.2) is 11.5 Å². The Balaban J connectivity index is 2.24. The number of hydrogen-bond donors (Lipinski definition) is 1. The van der Waals surface area contributed by atoms with Crippen molar-refractivity contribution >= 4 is 21.6 Å². The smallest absolute Gasteiger partial charge is 0.243 e. The van der Waals surface area contributed by atoms with Gasteiger partial charge < -0.3 is 19.5 Å². The predicted octanol–water partition coefficient (Wildman–Crippen LogP) is 2.32. The minimum atomic E-state index is -3.84. The molecule has 0 radical (unpaired) electrons. The number of amides is 1. The van der Waals surface area contributed by atoms with Crippen LogP contribution in [0, 0.1) is 5.82 Å². The minimum absolute atomic E-state index is 0.0629. The highest BCUT2D eigenvalue weighted by Crippen LogP contribution is 2.38. The molecule has 0 saturated heterocycles. The Labute approximate surface area is 175 Å². The Bertz CT molecular complexity index is 987. The fourth-order valence-corrected chi connectivity index (χ4v) is 4.16. The summed E-state index contributed by atoms with van der Waals surface area (Å²) in [6.45, 7) is 1.51. The molecule has 0 unspecified atom stereocenters. The van der Waals surface area contributed by atoms with Gasteiger partial charge in [-0.3, -0.25) is 9.10 Å². The Morgan fingerprint density at radius 1 is 1.10 bits per heavy atom. The van der Waals surface area contributed by atoms with Crippen molar-refractivity contribution in [2.24, 2.45) is 0 Å². The van der Waals surface area contributed by atoms with Crippen LogP contribution in [-0.2, 0) is 21.4 Å². The van der Waals surface area contributed by atoms with Crippen LogP contribution < -0.4 is 23.8 Å². The van der Waals surface area contributed by atoms with Gasteiger partial charge in [-0.25, -0.2) is 12.8 Å². The second kappa shape index (κ2) is 9.66. The second-order valence-corrected chi connectivity index (χ2v) is 8.33. The van der Waals surface area contributed by atoms with E-state index in [2.05, 4.69) is 5.32 Å². The molecule has 30 heavy (non-hydrogen) atoms. The Kier molecular flexibility index (Phi) is 7.49. The number of halogens is 1. The summed E-state index contributed by atoms with van der Waals surface area (Å²) in [7, 11) is 0.593. The van der Waals surface area contributed by atoms with Crippen LogP contribution in [0.25, 0.3) is 0 Å². The van der Waals surface area contributed by atoms with Crippen LogP contribution in [-0.4, -0.2) is 48.0 Å². The first-order valence-electron chi connectivity index (χ1n) is 8.94. The molecule has 0 heterocycles. The fraction of sp³-hybridized carbons (Fsp3) is 0.350. The maximum absolute atomic E-state index is 13.6. The van der Waals surface area contributed by atoms with Gasteiger partial charge >= 0.3 is 0 Å². The van der Waals surface area contributed by atoms with Crippen molar-refractivity contribution in [2.75, 3.05) is 31.9 Å². The standard InChI is InChI=1S/C20H25FN2O6S/c1-13(23(30(5,25)26)16-8-6-7-15(21)11-16)20(24)22-12-14-9-17(27-2)19(29-4)18(10-14)28-3/h6-11,13H,12H2,1-5H3,(H,22,24)/t13-/m0/s1. The quantitative estimate of drug-likeness (QED) is 0.643. The van der Waals surface area contributed by atoms with Crippen molar-refractivity contribution in [3.05, 3.63) is 47.8 Å². The third kappa shape index (κ3) is 5.32. The topological polar surface area (TPSA) is 94.2 Å². The lowest BCUT2D eigenvalue weighted by molar-refractivity contribution is -0.122. The van der Waals surface area contributed by atoms with Crippen molar-refractivity contribution in [3.63, 3.8) is 0 Å². The number of hydrogen-bond acceptors (Lipinski definition) is 6. The fourth-order valence-electron chi connectivity index (χ4n) is 3.00. The summed E-state index contributed by atoms with van der Waals surface area (Å²) in [5, 5.41) is 2.69. The molecule has 2 aromatic carbocycles. The summed E-state index contributed by atoms with van der Waals surface area (Å²) in [6.07, 6.45) is 0.959. The number of methoxy groups -OCH3 is 3. The van der Waals surface area contributed by atoms with Gasteiger partial charge in [0.1, 0.15) is 11.9 Å². The first-order valence-corrected chi connectivity index (χ1v) is 10.8. The molecule has 8 nitrogen and oxygen atoms in total. The lowest BCUT2D eigenvalue weighted by Crippen LogP contribution is -2.47. The third-order valence-corrected chi connectivity index (χ3v) is 5.58. The van der Waals surface area contributed by atoms with Crippen molar-refractivity contribution in [1.29, 1.82) is 0 Å². The molecule has 1 atom stereocenters. The van der Waals surface area contributed by atoms with Crippen LogP contribution in [0.4, 0.5) is 10.1 Å². The Morgan fingerprint density at radius 3 is 2.17 bits per heavy atom. The highest BCUT2D eigenvalue weighted by Gasteiger charge is 2.29. The number of nitrogens with one attached hydrogen (secondary N) is 1. The van der Waals surface area contributed by atoms with E-state index >= 15 is 0 Å². The average molecular weight is 440 g/mol. The number of anilines is 1. The first kappa shape index (κ1) is 23.3. The summed E-state index contributed by atoms with van der Waals surface area (Å²) in [5.74, 6) is 0.0979. The van der Waals surface area contributed by atoms with Crippen LogP contribution in [0.3, 0.4) is 0 Å². The molecule has 0 aliphatic rings. The molecule has 0 aliphatic carbocycles. The van der Waals surface area contributed by atoms with Crippen molar-refractivity contribution in [1.82, 2.24) is 5.32 Å².